The predicted octanol–water partition coefficient (Wildman–Crippen LogP) is 3.70. The summed E-state index contributed by atoms with van der Waals surface area (Å²) in [5.74, 6) is 0.934. The molecule has 1 heterocycles. The van der Waals surface area contributed by atoms with Gasteiger partial charge in [-0.3, -0.25) is 4.79 Å². The van der Waals surface area contributed by atoms with Crippen molar-refractivity contribution in [1.29, 1.82) is 0 Å². The van der Waals surface area contributed by atoms with Crippen LogP contribution in [0.15, 0.2) is 48.5 Å². The summed E-state index contributed by atoms with van der Waals surface area (Å²) in [6.07, 6.45) is 5.81. The number of amides is 1. The number of rotatable bonds is 17. The topological polar surface area (TPSA) is 148 Å². The maximum Gasteiger partial charge on any atom is 0.251 e. The van der Waals surface area contributed by atoms with Gasteiger partial charge in [0.2, 0.25) is 17.8 Å². The van der Waals surface area contributed by atoms with Gasteiger partial charge in [0.25, 0.3) is 5.91 Å². The van der Waals surface area contributed by atoms with Crippen molar-refractivity contribution in [3.05, 3.63) is 71.0 Å². The molecule has 4 rings (SSSR count). The van der Waals surface area contributed by atoms with E-state index in [9.17, 15) is 9.18 Å². The van der Waals surface area contributed by atoms with Crippen LogP contribution < -0.4 is 27.0 Å². The van der Waals surface area contributed by atoms with Crippen LogP contribution in [0.5, 0.6) is 0 Å². The van der Waals surface area contributed by atoms with E-state index in [4.69, 9.17) is 15.2 Å². The lowest BCUT2D eigenvalue weighted by Gasteiger charge is -2.23. The Balaban J connectivity index is 1.29. The van der Waals surface area contributed by atoms with Crippen molar-refractivity contribution >= 4 is 23.8 Å². The molecule has 1 aliphatic carbocycles. The highest BCUT2D eigenvalue weighted by atomic mass is 19.1. The van der Waals surface area contributed by atoms with Gasteiger partial charge in [-0.05, 0) is 48.2 Å². The molecule has 0 aliphatic heterocycles. The summed E-state index contributed by atoms with van der Waals surface area (Å²) in [7, 11) is 0. The first-order chi connectivity index (χ1) is 20.6. The first-order valence-electron chi connectivity index (χ1n) is 14.6. The fourth-order valence-electron chi connectivity index (χ4n) is 4.51. The molecule has 226 valence electrons. The third-order valence-corrected chi connectivity index (χ3v) is 6.77. The molecule has 1 aromatic heterocycles. The van der Waals surface area contributed by atoms with E-state index in [1.807, 2.05) is 12.1 Å². The summed E-state index contributed by atoms with van der Waals surface area (Å²) in [4.78, 5) is 26.2. The Labute approximate surface area is 246 Å². The molecule has 0 saturated heterocycles. The Hall–Kier alpha value is -3.87. The molecule has 0 unspecified atom stereocenters. The molecule has 0 radical (unpaired) electrons. The van der Waals surface area contributed by atoms with E-state index in [2.05, 4.69) is 36.2 Å². The minimum absolute atomic E-state index is 0.162. The van der Waals surface area contributed by atoms with Gasteiger partial charge in [-0.15, -0.1) is 0 Å². The number of anilines is 3. The number of halogens is 1. The summed E-state index contributed by atoms with van der Waals surface area (Å²) in [5, 5.41) is 12.8. The summed E-state index contributed by atoms with van der Waals surface area (Å²) in [5.41, 5.74) is 7.81. The van der Waals surface area contributed by atoms with E-state index < -0.39 is 0 Å². The summed E-state index contributed by atoms with van der Waals surface area (Å²) in [6, 6.07) is 14.0. The highest BCUT2D eigenvalue weighted by molar-refractivity contribution is 5.94. The van der Waals surface area contributed by atoms with Crippen molar-refractivity contribution in [2.75, 3.05) is 55.5 Å². The number of hydrogen-bond acceptors (Lipinski definition) is 10. The predicted molar refractivity (Wildman–Crippen MR) is 161 cm³/mol. The molecule has 11 nitrogen and oxygen atoms in total. The van der Waals surface area contributed by atoms with Crippen LogP contribution in [0.4, 0.5) is 22.2 Å². The van der Waals surface area contributed by atoms with Gasteiger partial charge in [0.15, 0.2) is 0 Å². The number of ether oxygens (including phenoxy) is 2. The lowest BCUT2D eigenvalue weighted by Crippen LogP contribution is -2.27. The van der Waals surface area contributed by atoms with Crippen molar-refractivity contribution in [2.24, 2.45) is 5.73 Å². The normalized spacial score (nSPS) is 13.5. The molecule has 3 aromatic rings. The molecule has 1 fully saturated rings. The molecule has 0 bridgehead atoms. The Kier molecular flexibility index (Phi) is 12.7. The minimum atomic E-state index is -0.274. The van der Waals surface area contributed by atoms with Crippen molar-refractivity contribution < 1.29 is 18.7 Å². The molecule has 0 atom stereocenters. The van der Waals surface area contributed by atoms with E-state index in [-0.39, 0.29) is 11.7 Å². The summed E-state index contributed by atoms with van der Waals surface area (Å²) >= 11 is 0. The highest BCUT2D eigenvalue weighted by Gasteiger charge is 2.16. The van der Waals surface area contributed by atoms with E-state index >= 15 is 0 Å². The smallest absolute Gasteiger partial charge is 0.251 e. The minimum Gasteiger partial charge on any atom is -0.378 e. The third-order valence-electron chi connectivity index (χ3n) is 6.77. The fraction of sp³-hybridized carbons (Fsp3) is 0.467. The monoisotopic (exact) mass is 580 g/mol. The Morgan fingerprint density at radius 1 is 0.786 bits per heavy atom. The Morgan fingerprint density at radius 3 is 1.98 bits per heavy atom. The van der Waals surface area contributed by atoms with E-state index in [0.717, 1.165) is 24.0 Å². The van der Waals surface area contributed by atoms with Gasteiger partial charge in [-0.2, -0.15) is 15.0 Å². The molecule has 6 N–H and O–H groups in total. The van der Waals surface area contributed by atoms with Crippen LogP contribution in [0, 0.1) is 5.82 Å². The lowest BCUT2D eigenvalue weighted by molar-refractivity contribution is 0.0511. The molecular formula is C30H41FN8O3. The van der Waals surface area contributed by atoms with Crippen LogP contribution in [0.25, 0.3) is 0 Å². The maximum atomic E-state index is 13.3. The van der Waals surface area contributed by atoms with Gasteiger partial charge in [-0.25, -0.2) is 4.39 Å². The second-order valence-electron chi connectivity index (χ2n) is 10.1. The zero-order chi connectivity index (χ0) is 29.4. The second kappa shape index (κ2) is 17.2. The average Bonchev–Trinajstić information content (AvgIpc) is 3.01. The number of nitrogens with zero attached hydrogens (tertiary/aromatic N) is 3. The number of nitrogens with two attached hydrogens (primary N) is 1. The second-order valence-corrected chi connectivity index (χ2v) is 10.1. The zero-order valence-corrected chi connectivity index (χ0v) is 23.9. The first-order valence-corrected chi connectivity index (χ1v) is 14.6. The highest BCUT2D eigenvalue weighted by Crippen LogP contribution is 2.21. The summed E-state index contributed by atoms with van der Waals surface area (Å²) in [6.45, 7) is 3.67. The van der Waals surface area contributed by atoms with Crippen molar-refractivity contribution in [2.45, 2.75) is 51.2 Å². The molecule has 2 aromatic carbocycles. The van der Waals surface area contributed by atoms with Crippen LogP contribution in [0.3, 0.4) is 0 Å². The molecule has 1 aliphatic rings. The van der Waals surface area contributed by atoms with Crippen molar-refractivity contribution in [1.82, 2.24) is 20.3 Å². The molecular weight excluding hydrogens is 539 g/mol. The van der Waals surface area contributed by atoms with Crippen LogP contribution in [-0.4, -0.2) is 66.4 Å². The summed E-state index contributed by atoms with van der Waals surface area (Å²) < 4.78 is 24.0. The first kappa shape index (κ1) is 31.1. The van der Waals surface area contributed by atoms with Gasteiger partial charge >= 0.3 is 0 Å². The van der Waals surface area contributed by atoms with Crippen LogP contribution in [0.2, 0.25) is 0 Å². The fourth-order valence-corrected chi connectivity index (χ4v) is 4.51. The SMILES string of the molecule is NCCOCCOCCNC(=O)c1ccc(CNc2nc(NCc3ccc(F)cc3)nc(NC3CCCCC3)n2)cc1. The number of carbonyl (C=O) groups is 1. The van der Waals surface area contributed by atoms with E-state index in [1.54, 1.807) is 24.3 Å². The van der Waals surface area contributed by atoms with Crippen LogP contribution in [-0.2, 0) is 22.6 Å². The third kappa shape index (κ3) is 10.8. The van der Waals surface area contributed by atoms with E-state index in [1.165, 1.54) is 31.4 Å². The number of aromatic nitrogens is 3. The van der Waals surface area contributed by atoms with Crippen molar-refractivity contribution in [3.8, 4) is 0 Å². The molecule has 1 amide bonds. The maximum absolute atomic E-state index is 13.3. The quantitative estimate of drug-likeness (QED) is 0.150. The Bertz CT molecular complexity index is 1220. The Morgan fingerprint density at radius 2 is 1.36 bits per heavy atom. The zero-order valence-electron chi connectivity index (χ0n) is 23.9. The molecule has 0 spiro atoms. The number of hydrogen-bond donors (Lipinski definition) is 5. The molecule has 42 heavy (non-hydrogen) atoms. The number of benzene rings is 2. The largest absolute Gasteiger partial charge is 0.378 e. The number of nitrogens with one attached hydrogen (secondary N) is 4. The average molecular weight is 581 g/mol. The van der Waals surface area contributed by atoms with Gasteiger partial charge in [-0.1, -0.05) is 43.5 Å². The lowest BCUT2D eigenvalue weighted by atomic mass is 9.96. The molecule has 12 heteroatoms. The van der Waals surface area contributed by atoms with Gasteiger partial charge < -0.3 is 36.5 Å². The van der Waals surface area contributed by atoms with Crippen LogP contribution in [0.1, 0.15) is 53.6 Å². The van der Waals surface area contributed by atoms with Gasteiger partial charge in [0.05, 0.1) is 26.4 Å². The van der Waals surface area contributed by atoms with E-state index in [0.29, 0.717) is 82.1 Å². The van der Waals surface area contributed by atoms with Gasteiger partial charge in [0.1, 0.15) is 5.82 Å². The van der Waals surface area contributed by atoms with Crippen molar-refractivity contribution in [3.63, 3.8) is 0 Å². The molecule has 1 saturated carbocycles. The van der Waals surface area contributed by atoms with Gasteiger partial charge in [0, 0.05) is 37.8 Å². The van der Waals surface area contributed by atoms with Crippen LogP contribution >= 0.6 is 0 Å². The standard InChI is InChI=1S/C30H41FN8O3/c31-25-12-8-23(9-13-25)21-35-29-37-28(38-30(39-29)36-26-4-2-1-3-5-26)34-20-22-6-10-24(11-7-22)27(40)33-15-17-42-19-18-41-16-14-32/h6-13,26H,1-5,14-21,32H2,(H,33,40)(H3,34,35,36,37,38,39). The number of carbonyl (C=O) groups excluding carboxylic acids is 1.